The van der Waals surface area contributed by atoms with Crippen LogP contribution in [0.15, 0.2) is 23.1 Å². The first-order valence-electron chi connectivity index (χ1n) is 17.6. The molecule has 0 spiro atoms. The van der Waals surface area contributed by atoms with Crippen molar-refractivity contribution in [1.82, 2.24) is 28.8 Å². The smallest absolute Gasteiger partial charge is 0.391 e. The number of aliphatic hydroxyl groups excluding tert-OH is 2. The summed E-state index contributed by atoms with van der Waals surface area (Å²) in [6, 6.07) is 4.11. The molecule has 6 rings (SSSR count). The summed E-state index contributed by atoms with van der Waals surface area (Å²) < 4.78 is 70.6. The number of carbonyl (C=O) groups is 1. The Kier molecular flexibility index (Phi) is 11.6. The maximum Gasteiger partial charge on any atom is 0.417 e. The number of rotatable bonds is 11. The second-order valence-electron chi connectivity index (χ2n) is 14.5. The topological polar surface area (TPSA) is 122 Å². The van der Waals surface area contributed by atoms with Gasteiger partial charge in [-0.05, 0) is 56.8 Å². The van der Waals surface area contributed by atoms with Crippen LogP contribution >= 0.6 is 11.8 Å². The molecule has 11 nitrogen and oxygen atoms in total. The average molecular weight is 743 g/mol. The van der Waals surface area contributed by atoms with Crippen molar-refractivity contribution in [2.45, 2.75) is 87.9 Å². The summed E-state index contributed by atoms with van der Waals surface area (Å²) in [5.74, 6) is 1.16. The molecule has 2 atom stereocenters. The number of hydrogen-bond acceptors (Lipinski definition) is 9. The van der Waals surface area contributed by atoms with Gasteiger partial charge in [-0.3, -0.25) is 9.48 Å². The Hall–Kier alpha value is -2.21. The number of aliphatic hydroxyl groups is 2. The van der Waals surface area contributed by atoms with Gasteiger partial charge < -0.3 is 24.9 Å². The highest BCUT2D eigenvalue weighted by atomic mass is 32.2. The number of piperidine rings is 2. The minimum atomic E-state index is -4.53. The molecule has 16 heteroatoms. The third-order valence-corrected chi connectivity index (χ3v) is 12.9. The van der Waals surface area contributed by atoms with Crippen LogP contribution in [0.3, 0.4) is 0 Å². The van der Waals surface area contributed by atoms with Gasteiger partial charge in [-0.15, -0.1) is 11.8 Å². The van der Waals surface area contributed by atoms with E-state index in [0.717, 1.165) is 56.8 Å². The molecule has 3 fully saturated rings. The highest BCUT2D eigenvalue weighted by Crippen LogP contribution is 2.40. The summed E-state index contributed by atoms with van der Waals surface area (Å²) in [6.45, 7) is 7.38. The first kappa shape index (κ1) is 37.5. The van der Waals surface area contributed by atoms with Crippen LogP contribution in [-0.2, 0) is 40.5 Å². The van der Waals surface area contributed by atoms with Crippen LogP contribution < -0.4 is 0 Å². The summed E-state index contributed by atoms with van der Waals surface area (Å²) in [5.41, 5.74) is 1.63. The lowest BCUT2D eigenvalue weighted by Crippen LogP contribution is -2.47. The molecule has 2 N–H and O–H groups in total. The summed E-state index contributed by atoms with van der Waals surface area (Å²) >= 11 is 1.18. The summed E-state index contributed by atoms with van der Waals surface area (Å²) in [5, 5.41) is 25.9. The molecule has 50 heavy (non-hydrogen) atoms. The first-order valence-corrected chi connectivity index (χ1v) is 20.5. The maximum absolute atomic E-state index is 14.2. The third kappa shape index (κ3) is 8.87. The number of likely N-dealkylation sites (tertiary alicyclic amines) is 3. The zero-order valence-corrected chi connectivity index (χ0v) is 30.4. The Morgan fingerprint density at radius 3 is 2.38 bits per heavy atom. The van der Waals surface area contributed by atoms with Gasteiger partial charge in [-0.25, -0.2) is 8.42 Å². The monoisotopic (exact) mass is 742 g/mol. The summed E-state index contributed by atoms with van der Waals surface area (Å²) in [6.07, 6.45) is -0.594. The number of nitrogens with zero attached hydrogens (tertiary/aromatic N) is 6. The number of fused-ring (bicyclic) bond motifs is 1. The zero-order chi connectivity index (χ0) is 35.8. The van der Waals surface area contributed by atoms with E-state index in [9.17, 15) is 36.6 Å². The van der Waals surface area contributed by atoms with Crippen molar-refractivity contribution < 1.29 is 36.6 Å². The van der Waals surface area contributed by atoms with Crippen molar-refractivity contribution in [1.29, 1.82) is 0 Å². The van der Waals surface area contributed by atoms with E-state index in [1.807, 2.05) is 0 Å². The maximum atomic E-state index is 14.2. The number of aromatic nitrogens is 2. The first-order chi connectivity index (χ1) is 23.7. The minimum Gasteiger partial charge on any atom is -0.391 e. The number of sulfonamides is 1. The Labute approximate surface area is 296 Å². The number of benzene rings is 1. The fraction of sp³-hybridized carbons (Fsp3) is 0.706. The molecule has 0 bridgehead atoms. The third-order valence-electron chi connectivity index (χ3n) is 10.7. The zero-order valence-electron chi connectivity index (χ0n) is 28.8. The predicted octanol–water partition coefficient (Wildman–Crippen LogP) is 3.13. The molecule has 0 unspecified atom stereocenters. The molecule has 4 aliphatic heterocycles. The molecule has 1 aromatic heterocycles. The summed E-state index contributed by atoms with van der Waals surface area (Å²) in [4.78, 5) is 18.6. The molecule has 0 saturated carbocycles. The molecule has 1 aromatic carbocycles. The van der Waals surface area contributed by atoms with Crippen LogP contribution in [0.4, 0.5) is 13.2 Å². The minimum absolute atomic E-state index is 0.0180. The molecule has 3 saturated heterocycles. The predicted molar refractivity (Wildman–Crippen MR) is 185 cm³/mol. The molecule has 1 amide bonds. The van der Waals surface area contributed by atoms with Crippen molar-refractivity contribution in [3.05, 3.63) is 35.0 Å². The SMILES string of the molecule is CC1CCN(CCSc2cc(-c3nn(C[C@@H](O)CN4CCC(N5C[C@H](O)CC5=O)CC4)c4c3CN(S(C)(=O)=O)CC4)ccc2C(F)(F)F)CC1. The molecule has 5 heterocycles. The highest BCUT2D eigenvalue weighted by molar-refractivity contribution is 7.99. The van der Waals surface area contributed by atoms with Gasteiger partial charge >= 0.3 is 6.18 Å². The number of thioether (sulfide) groups is 1. The average Bonchev–Trinajstić information content (AvgIpc) is 3.59. The lowest BCUT2D eigenvalue weighted by molar-refractivity contribution is -0.139. The second-order valence-corrected chi connectivity index (χ2v) is 17.6. The lowest BCUT2D eigenvalue weighted by Gasteiger charge is -2.37. The Bertz CT molecular complexity index is 1620. The lowest BCUT2D eigenvalue weighted by atomic mass is 9.99. The van der Waals surface area contributed by atoms with Crippen LogP contribution in [0.2, 0.25) is 0 Å². The molecule has 0 radical (unpaired) electrons. The Balaban J connectivity index is 1.19. The van der Waals surface area contributed by atoms with Crippen LogP contribution in [0.25, 0.3) is 11.3 Å². The van der Waals surface area contributed by atoms with Gasteiger partial charge in [0.1, 0.15) is 0 Å². The van der Waals surface area contributed by atoms with Crippen molar-refractivity contribution in [3.8, 4) is 11.3 Å². The number of β-amino-alcohol motifs (C(OH)–C–C–N with tert-alkyl or cyclic N) is 2. The van der Waals surface area contributed by atoms with E-state index in [2.05, 4.69) is 16.7 Å². The number of carbonyl (C=O) groups excluding carboxylic acids is 1. The molecule has 4 aliphatic rings. The van der Waals surface area contributed by atoms with Gasteiger partial charge in [0.2, 0.25) is 15.9 Å². The van der Waals surface area contributed by atoms with Crippen LogP contribution in [0, 0.1) is 5.92 Å². The number of amides is 1. The fourth-order valence-electron chi connectivity index (χ4n) is 7.76. The van der Waals surface area contributed by atoms with Crippen LogP contribution in [0.1, 0.15) is 55.8 Å². The van der Waals surface area contributed by atoms with E-state index in [4.69, 9.17) is 5.10 Å². The van der Waals surface area contributed by atoms with Gasteiger partial charge in [-0.2, -0.15) is 22.6 Å². The van der Waals surface area contributed by atoms with Crippen molar-refractivity contribution >= 4 is 27.7 Å². The van der Waals surface area contributed by atoms with Gasteiger partial charge in [0, 0.05) is 85.7 Å². The van der Waals surface area contributed by atoms with E-state index < -0.39 is 34.0 Å². The molecule has 0 aliphatic carbocycles. The Morgan fingerprint density at radius 2 is 1.74 bits per heavy atom. The molecule has 278 valence electrons. The van der Waals surface area contributed by atoms with Crippen molar-refractivity contribution in [2.24, 2.45) is 5.92 Å². The van der Waals surface area contributed by atoms with Crippen molar-refractivity contribution in [3.63, 3.8) is 0 Å². The summed E-state index contributed by atoms with van der Waals surface area (Å²) in [7, 11) is -3.53. The van der Waals surface area contributed by atoms with Crippen LogP contribution in [0.5, 0.6) is 0 Å². The molecular formula is C34H49F3N6O5S2. The van der Waals surface area contributed by atoms with E-state index in [1.54, 1.807) is 9.58 Å². The second kappa shape index (κ2) is 15.4. The number of alkyl halides is 3. The number of hydrogen-bond donors (Lipinski definition) is 2. The van der Waals surface area contributed by atoms with E-state index in [-0.39, 0.29) is 42.9 Å². The van der Waals surface area contributed by atoms with E-state index >= 15 is 0 Å². The quantitative estimate of drug-likeness (QED) is 0.335. The van der Waals surface area contributed by atoms with E-state index in [1.165, 1.54) is 28.2 Å². The normalized spacial score (nSPS) is 23.1. The van der Waals surface area contributed by atoms with Gasteiger partial charge in [0.15, 0.2) is 0 Å². The fourth-order valence-corrected chi connectivity index (χ4v) is 9.67. The largest absolute Gasteiger partial charge is 0.417 e. The highest BCUT2D eigenvalue weighted by Gasteiger charge is 2.37. The van der Waals surface area contributed by atoms with Crippen LogP contribution in [-0.4, -0.2) is 136 Å². The standard InChI is InChI=1S/C34H49F3N6O5S2/c1-23-5-10-39(11-6-23)15-16-49-31-17-24(3-4-29(31)34(35,36)37)33-28-22-41(50(2,47)48)14-9-30(28)43(38-33)21-27(45)19-40-12-7-25(8-13-40)42-20-26(44)18-32(42)46/h3-4,17,23,25-27,44-45H,5-16,18-22H2,1-2H3/t26-,27+/m1/s1. The van der Waals surface area contributed by atoms with E-state index in [0.29, 0.717) is 67.6 Å². The van der Waals surface area contributed by atoms with Crippen molar-refractivity contribution in [2.75, 3.05) is 64.4 Å². The van der Waals surface area contributed by atoms with Gasteiger partial charge in [0.05, 0.1) is 42.7 Å². The molecular weight excluding hydrogens is 694 g/mol. The van der Waals surface area contributed by atoms with Gasteiger partial charge in [0.25, 0.3) is 0 Å². The Morgan fingerprint density at radius 1 is 1.04 bits per heavy atom. The van der Waals surface area contributed by atoms with Gasteiger partial charge in [-0.1, -0.05) is 13.0 Å². The number of halogens is 3. The molecule has 2 aromatic rings.